The first kappa shape index (κ1) is 7.50. The van der Waals surface area contributed by atoms with Gasteiger partial charge in [-0.25, -0.2) is 4.79 Å². The van der Waals surface area contributed by atoms with Crippen LogP contribution in [0.2, 0.25) is 0 Å². The smallest absolute Gasteiger partial charge is 0.340 e. The number of rotatable bonds is 3. The van der Waals surface area contributed by atoms with E-state index < -0.39 is 11.6 Å². The minimum atomic E-state index is -1.03. The van der Waals surface area contributed by atoms with E-state index in [1.807, 2.05) is 0 Å². The molecule has 0 aromatic carbocycles. The molecule has 0 aromatic rings. The van der Waals surface area contributed by atoms with Crippen LogP contribution in [0.25, 0.3) is 0 Å². The zero-order chi connectivity index (χ0) is 7.61. The predicted octanol–water partition coefficient (Wildman–Crippen LogP) is -0.124. The van der Waals surface area contributed by atoms with Crippen molar-refractivity contribution in [2.24, 2.45) is 0 Å². The highest BCUT2D eigenvalue weighted by Crippen LogP contribution is 2.21. The number of hydrogen-bond donors (Lipinski definition) is 1. The first-order valence-corrected chi connectivity index (χ1v) is 3.16. The predicted molar refractivity (Wildman–Crippen MR) is 32.8 cm³/mol. The van der Waals surface area contributed by atoms with Crippen LogP contribution in [-0.4, -0.2) is 36.5 Å². The second-order valence-electron chi connectivity index (χ2n) is 2.23. The zero-order valence-electron chi connectivity index (χ0n) is 5.79. The highest BCUT2D eigenvalue weighted by atomic mass is 16.6. The van der Waals surface area contributed by atoms with E-state index >= 15 is 0 Å². The zero-order valence-corrected chi connectivity index (χ0v) is 5.79. The number of carboxylic acids is 1. The Morgan fingerprint density at radius 1 is 1.80 bits per heavy atom. The van der Waals surface area contributed by atoms with Crippen LogP contribution in [-0.2, 0) is 14.3 Å². The van der Waals surface area contributed by atoms with Crippen LogP contribution < -0.4 is 0 Å². The van der Waals surface area contributed by atoms with Crippen LogP contribution in [0.1, 0.15) is 6.92 Å². The molecule has 0 unspecified atom stereocenters. The van der Waals surface area contributed by atoms with Gasteiger partial charge in [0.25, 0.3) is 0 Å². The number of carbonyl (C=O) groups is 1. The molecule has 0 spiro atoms. The molecule has 1 saturated heterocycles. The molecule has 0 amide bonds. The second kappa shape index (κ2) is 2.56. The molecular formula is C6H10O4. The molecule has 10 heavy (non-hydrogen) atoms. The molecule has 58 valence electrons. The van der Waals surface area contributed by atoms with E-state index in [1.54, 1.807) is 6.92 Å². The van der Waals surface area contributed by atoms with Crippen molar-refractivity contribution in [1.82, 2.24) is 0 Å². The molecule has 4 heteroatoms. The van der Waals surface area contributed by atoms with E-state index in [0.717, 1.165) is 0 Å². The van der Waals surface area contributed by atoms with Gasteiger partial charge in [0.1, 0.15) is 0 Å². The van der Waals surface area contributed by atoms with E-state index in [-0.39, 0.29) is 13.2 Å². The Morgan fingerprint density at radius 2 is 2.40 bits per heavy atom. The van der Waals surface area contributed by atoms with Crippen molar-refractivity contribution in [1.29, 1.82) is 0 Å². The standard InChI is InChI=1S/C6H10O4/c1-2-10-6(5(7)8)3-9-4-6/h2-4H2,1H3,(H,7,8). The van der Waals surface area contributed by atoms with Gasteiger partial charge < -0.3 is 14.6 Å². The molecule has 4 nitrogen and oxygen atoms in total. The van der Waals surface area contributed by atoms with Crippen LogP contribution in [0.15, 0.2) is 0 Å². The molecule has 0 bridgehead atoms. The molecular weight excluding hydrogens is 136 g/mol. The fraction of sp³-hybridized carbons (Fsp3) is 0.833. The first-order chi connectivity index (χ1) is 4.71. The SMILES string of the molecule is CCOC1(C(=O)O)COC1. The molecule has 0 saturated carbocycles. The number of hydrogen-bond acceptors (Lipinski definition) is 3. The van der Waals surface area contributed by atoms with Crippen molar-refractivity contribution < 1.29 is 19.4 Å². The van der Waals surface area contributed by atoms with Gasteiger partial charge in [0.15, 0.2) is 0 Å². The molecule has 0 aliphatic carbocycles. The van der Waals surface area contributed by atoms with Gasteiger partial charge in [-0.1, -0.05) is 0 Å². The summed E-state index contributed by atoms with van der Waals surface area (Å²) in [5.74, 6) is -0.930. The summed E-state index contributed by atoms with van der Waals surface area (Å²) in [5, 5.41) is 8.61. The summed E-state index contributed by atoms with van der Waals surface area (Å²) in [5.41, 5.74) is -1.03. The maximum atomic E-state index is 10.5. The Hall–Kier alpha value is -0.610. The van der Waals surface area contributed by atoms with Crippen molar-refractivity contribution >= 4 is 5.97 Å². The molecule has 1 rings (SSSR count). The van der Waals surface area contributed by atoms with Crippen molar-refractivity contribution in [3.63, 3.8) is 0 Å². The molecule has 1 N–H and O–H groups in total. The number of ether oxygens (including phenoxy) is 2. The molecule has 1 aliphatic heterocycles. The quantitative estimate of drug-likeness (QED) is 0.603. The third-order valence-corrected chi connectivity index (χ3v) is 1.48. The van der Waals surface area contributed by atoms with Gasteiger partial charge >= 0.3 is 5.97 Å². The van der Waals surface area contributed by atoms with Gasteiger partial charge in [-0.15, -0.1) is 0 Å². The van der Waals surface area contributed by atoms with Gasteiger partial charge in [0.05, 0.1) is 13.2 Å². The molecule has 0 radical (unpaired) electrons. The Labute approximate surface area is 58.7 Å². The summed E-state index contributed by atoms with van der Waals surface area (Å²) >= 11 is 0. The number of aliphatic carboxylic acids is 1. The van der Waals surface area contributed by atoms with Crippen molar-refractivity contribution in [3.05, 3.63) is 0 Å². The van der Waals surface area contributed by atoms with Crippen molar-refractivity contribution in [2.45, 2.75) is 12.5 Å². The van der Waals surface area contributed by atoms with E-state index in [2.05, 4.69) is 0 Å². The molecule has 0 atom stereocenters. The van der Waals surface area contributed by atoms with Gasteiger partial charge in [-0.05, 0) is 6.92 Å². The first-order valence-electron chi connectivity index (χ1n) is 3.16. The fourth-order valence-corrected chi connectivity index (χ4v) is 0.832. The van der Waals surface area contributed by atoms with E-state index in [9.17, 15) is 4.79 Å². The van der Waals surface area contributed by atoms with Gasteiger partial charge in [0, 0.05) is 6.61 Å². The van der Waals surface area contributed by atoms with Crippen LogP contribution in [0, 0.1) is 0 Å². The van der Waals surface area contributed by atoms with Crippen LogP contribution in [0.4, 0.5) is 0 Å². The Kier molecular flexibility index (Phi) is 1.92. The average Bonchev–Trinajstić information content (AvgIpc) is 1.77. The minimum absolute atomic E-state index is 0.177. The van der Waals surface area contributed by atoms with Gasteiger partial charge in [-0.3, -0.25) is 0 Å². The van der Waals surface area contributed by atoms with Crippen LogP contribution in [0.5, 0.6) is 0 Å². The average molecular weight is 146 g/mol. The Morgan fingerprint density at radius 3 is 2.50 bits per heavy atom. The summed E-state index contributed by atoms with van der Waals surface area (Å²) in [6.45, 7) is 2.53. The van der Waals surface area contributed by atoms with Crippen LogP contribution in [0.3, 0.4) is 0 Å². The van der Waals surface area contributed by atoms with Crippen LogP contribution >= 0.6 is 0 Å². The Balaban J connectivity index is 2.50. The lowest BCUT2D eigenvalue weighted by atomic mass is 10.0. The lowest BCUT2D eigenvalue weighted by Crippen LogP contribution is -2.58. The second-order valence-corrected chi connectivity index (χ2v) is 2.23. The Bertz CT molecular complexity index is 139. The maximum Gasteiger partial charge on any atom is 0.340 e. The van der Waals surface area contributed by atoms with Crippen molar-refractivity contribution in [2.75, 3.05) is 19.8 Å². The third-order valence-electron chi connectivity index (χ3n) is 1.48. The maximum absolute atomic E-state index is 10.5. The molecule has 1 aliphatic rings. The lowest BCUT2D eigenvalue weighted by molar-refractivity contribution is -0.222. The fourth-order valence-electron chi connectivity index (χ4n) is 0.832. The summed E-state index contributed by atoms with van der Waals surface area (Å²) < 4.78 is 9.75. The van der Waals surface area contributed by atoms with Crippen molar-refractivity contribution in [3.8, 4) is 0 Å². The van der Waals surface area contributed by atoms with Gasteiger partial charge in [0.2, 0.25) is 5.60 Å². The monoisotopic (exact) mass is 146 g/mol. The largest absolute Gasteiger partial charge is 0.479 e. The number of carboxylic acid groups (broad SMARTS) is 1. The topological polar surface area (TPSA) is 55.8 Å². The highest BCUT2D eigenvalue weighted by molar-refractivity contribution is 5.78. The summed E-state index contributed by atoms with van der Waals surface area (Å²) in [7, 11) is 0. The van der Waals surface area contributed by atoms with E-state index in [1.165, 1.54) is 0 Å². The van der Waals surface area contributed by atoms with E-state index in [0.29, 0.717) is 6.61 Å². The summed E-state index contributed by atoms with van der Waals surface area (Å²) in [6, 6.07) is 0. The lowest BCUT2D eigenvalue weighted by Gasteiger charge is -2.36. The van der Waals surface area contributed by atoms with Gasteiger partial charge in [-0.2, -0.15) is 0 Å². The third kappa shape index (κ3) is 0.998. The molecule has 0 aromatic heterocycles. The highest BCUT2D eigenvalue weighted by Gasteiger charge is 2.47. The molecule has 1 heterocycles. The minimum Gasteiger partial charge on any atom is -0.479 e. The summed E-state index contributed by atoms with van der Waals surface area (Å²) in [6.07, 6.45) is 0. The summed E-state index contributed by atoms with van der Waals surface area (Å²) in [4.78, 5) is 10.5. The molecule has 1 fully saturated rings. The van der Waals surface area contributed by atoms with E-state index in [4.69, 9.17) is 14.6 Å². The normalized spacial score (nSPS) is 21.7.